The number of nitrogens with zero attached hydrogens (tertiary/aromatic N) is 2. The molecular formula is C10H12N4. The van der Waals surface area contributed by atoms with Gasteiger partial charge in [-0.05, 0) is 12.1 Å². The van der Waals surface area contributed by atoms with Gasteiger partial charge in [-0.25, -0.2) is 4.99 Å². The van der Waals surface area contributed by atoms with Crippen LogP contribution in [0.2, 0.25) is 0 Å². The molecule has 4 nitrogen and oxygen atoms in total. The zero-order chi connectivity index (χ0) is 9.97. The summed E-state index contributed by atoms with van der Waals surface area (Å²) in [5.74, 6) is 0.427. The van der Waals surface area contributed by atoms with Crippen molar-refractivity contribution in [3.63, 3.8) is 0 Å². The topological polar surface area (TPSA) is 67.6 Å². The Bertz CT molecular complexity index is 369. The normalized spacial score (nSPS) is 20.8. The van der Waals surface area contributed by atoms with Crippen LogP contribution in [-0.4, -0.2) is 12.0 Å². The van der Waals surface area contributed by atoms with Crippen molar-refractivity contribution in [1.29, 1.82) is 0 Å². The molecule has 0 saturated heterocycles. The molecular weight excluding hydrogens is 176 g/mol. The minimum atomic E-state index is -0.373. The summed E-state index contributed by atoms with van der Waals surface area (Å²) in [7, 11) is 0. The molecule has 0 aromatic heterocycles. The summed E-state index contributed by atoms with van der Waals surface area (Å²) >= 11 is 0. The van der Waals surface area contributed by atoms with Gasteiger partial charge >= 0.3 is 0 Å². The molecule has 4 N–H and O–H groups in total. The van der Waals surface area contributed by atoms with E-state index in [2.05, 4.69) is 4.99 Å². The van der Waals surface area contributed by atoms with E-state index in [1.54, 1.807) is 6.20 Å². The van der Waals surface area contributed by atoms with Crippen molar-refractivity contribution in [1.82, 2.24) is 0 Å². The number of hydrogen-bond donors (Lipinski definition) is 2. The third-order valence-corrected chi connectivity index (χ3v) is 2.11. The number of benzene rings is 1. The molecule has 1 aromatic carbocycles. The van der Waals surface area contributed by atoms with Crippen LogP contribution in [0.5, 0.6) is 0 Å². The zero-order valence-electron chi connectivity index (χ0n) is 7.67. The van der Waals surface area contributed by atoms with E-state index >= 15 is 0 Å². The lowest BCUT2D eigenvalue weighted by atomic mass is 10.2. The van der Waals surface area contributed by atoms with Gasteiger partial charge in [0.05, 0.1) is 0 Å². The molecule has 1 aromatic rings. The van der Waals surface area contributed by atoms with Crippen LogP contribution in [0.25, 0.3) is 0 Å². The lowest BCUT2D eigenvalue weighted by molar-refractivity contribution is 0.833. The third-order valence-electron chi connectivity index (χ3n) is 2.11. The number of amidine groups is 1. The predicted molar refractivity (Wildman–Crippen MR) is 57.7 cm³/mol. The number of rotatable bonds is 1. The molecule has 1 atom stereocenters. The summed E-state index contributed by atoms with van der Waals surface area (Å²) in [6.07, 6.45) is 3.09. The Kier molecular flexibility index (Phi) is 2.20. The second-order valence-corrected chi connectivity index (χ2v) is 3.04. The zero-order valence-corrected chi connectivity index (χ0v) is 7.67. The Hall–Kier alpha value is -1.81. The number of para-hydroxylation sites is 1. The highest BCUT2D eigenvalue weighted by atomic mass is 15.3. The van der Waals surface area contributed by atoms with Gasteiger partial charge in [0, 0.05) is 18.1 Å². The van der Waals surface area contributed by atoms with Gasteiger partial charge in [0.2, 0.25) is 0 Å². The average Bonchev–Trinajstić information content (AvgIpc) is 2.23. The Morgan fingerprint density at radius 2 is 1.93 bits per heavy atom. The average molecular weight is 188 g/mol. The lowest BCUT2D eigenvalue weighted by Crippen LogP contribution is -2.50. The summed E-state index contributed by atoms with van der Waals surface area (Å²) in [5, 5.41) is 0. The highest BCUT2D eigenvalue weighted by Crippen LogP contribution is 2.16. The molecule has 72 valence electrons. The van der Waals surface area contributed by atoms with E-state index < -0.39 is 0 Å². The van der Waals surface area contributed by atoms with Gasteiger partial charge in [0.25, 0.3) is 0 Å². The fraction of sp³-hybridized carbons (Fsp3) is 0.100. The van der Waals surface area contributed by atoms with Crippen LogP contribution in [0.3, 0.4) is 0 Å². The van der Waals surface area contributed by atoms with Gasteiger partial charge in [-0.1, -0.05) is 18.2 Å². The Morgan fingerprint density at radius 3 is 2.64 bits per heavy atom. The number of hydrogen-bond acceptors (Lipinski definition) is 4. The summed E-state index contributed by atoms with van der Waals surface area (Å²) in [6, 6.07) is 9.82. The van der Waals surface area contributed by atoms with Crippen molar-refractivity contribution in [3.05, 3.63) is 42.7 Å². The largest absolute Gasteiger partial charge is 0.384 e. The van der Waals surface area contributed by atoms with Crippen LogP contribution in [-0.2, 0) is 0 Å². The van der Waals surface area contributed by atoms with E-state index in [1.165, 1.54) is 0 Å². The molecule has 0 spiro atoms. The molecule has 4 heteroatoms. The second kappa shape index (κ2) is 3.51. The molecule has 1 heterocycles. The van der Waals surface area contributed by atoms with E-state index in [1.807, 2.05) is 41.4 Å². The first kappa shape index (κ1) is 8.77. The van der Waals surface area contributed by atoms with Crippen molar-refractivity contribution >= 4 is 11.5 Å². The molecule has 2 rings (SSSR count). The molecule has 0 fully saturated rings. The van der Waals surface area contributed by atoms with Crippen LogP contribution in [0, 0.1) is 0 Å². The van der Waals surface area contributed by atoms with Crippen molar-refractivity contribution < 1.29 is 0 Å². The van der Waals surface area contributed by atoms with Crippen molar-refractivity contribution in [3.8, 4) is 0 Å². The first-order valence-electron chi connectivity index (χ1n) is 4.38. The van der Waals surface area contributed by atoms with Gasteiger partial charge in [-0.2, -0.15) is 0 Å². The van der Waals surface area contributed by atoms with Crippen molar-refractivity contribution in [2.24, 2.45) is 16.5 Å². The molecule has 0 bridgehead atoms. The summed E-state index contributed by atoms with van der Waals surface area (Å²) in [4.78, 5) is 5.81. The Balaban J connectivity index is 2.29. The minimum absolute atomic E-state index is 0.373. The minimum Gasteiger partial charge on any atom is -0.384 e. The predicted octanol–water partition coefficient (Wildman–Crippen LogP) is 0.620. The van der Waals surface area contributed by atoms with E-state index in [-0.39, 0.29) is 6.17 Å². The van der Waals surface area contributed by atoms with Crippen LogP contribution in [0.4, 0.5) is 5.69 Å². The van der Waals surface area contributed by atoms with Gasteiger partial charge in [0.1, 0.15) is 12.0 Å². The van der Waals surface area contributed by atoms with Crippen molar-refractivity contribution in [2.75, 3.05) is 4.90 Å². The molecule has 1 unspecified atom stereocenters. The standard InChI is InChI=1S/C10H12N4/c11-9-10(12)14(7-6-13-9)8-4-2-1-3-5-8/h1-7,10H,12H2,(H2,11,13). The first-order chi connectivity index (χ1) is 6.79. The number of aliphatic imine (C=N–C) groups is 1. The maximum atomic E-state index is 5.87. The quantitative estimate of drug-likeness (QED) is 0.678. The Labute approximate surface area is 82.5 Å². The monoisotopic (exact) mass is 188 g/mol. The third kappa shape index (κ3) is 1.47. The molecule has 1 aliphatic rings. The molecule has 1 aliphatic heterocycles. The van der Waals surface area contributed by atoms with Crippen LogP contribution < -0.4 is 16.4 Å². The SMILES string of the molecule is NC1=NC=CN(c2ccccc2)C1N. The molecule has 14 heavy (non-hydrogen) atoms. The maximum Gasteiger partial charge on any atom is 0.140 e. The number of anilines is 1. The van der Waals surface area contributed by atoms with Gasteiger partial charge < -0.3 is 16.4 Å². The van der Waals surface area contributed by atoms with E-state index in [4.69, 9.17) is 11.5 Å². The van der Waals surface area contributed by atoms with Crippen molar-refractivity contribution in [2.45, 2.75) is 6.17 Å². The Morgan fingerprint density at radius 1 is 1.21 bits per heavy atom. The second-order valence-electron chi connectivity index (χ2n) is 3.04. The van der Waals surface area contributed by atoms with Gasteiger partial charge in [-0.3, -0.25) is 0 Å². The summed E-state index contributed by atoms with van der Waals surface area (Å²) < 4.78 is 0. The van der Waals surface area contributed by atoms with Gasteiger partial charge in [0.15, 0.2) is 0 Å². The smallest absolute Gasteiger partial charge is 0.140 e. The summed E-state index contributed by atoms with van der Waals surface area (Å²) in [6.45, 7) is 0. The van der Waals surface area contributed by atoms with Crippen LogP contribution >= 0.6 is 0 Å². The summed E-state index contributed by atoms with van der Waals surface area (Å²) in [5.41, 5.74) is 12.5. The first-order valence-corrected chi connectivity index (χ1v) is 4.38. The molecule has 0 radical (unpaired) electrons. The van der Waals surface area contributed by atoms with E-state index in [0.29, 0.717) is 5.84 Å². The van der Waals surface area contributed by atoms with Crippen LogP contribution in [0.1, 0.15) is 0 Å². The number of nitrogens with two attached hydrogens (primary N) is 2. The van der Waals surface area contributed by atoms with Crippen LogP contribution in [0.15, 0.2) is 47.7 Å². The highest BCUT2D eigenvalue weighted by molar-refractivity contribution is 5.90. The lowest BCUT2D eigenvalue weighted by Gasteiger charge is -2.28. The highest BCUT2D eigenvalue weighted by Gasteiger charge is 2.18. The molecule has 0 saturated carbocycles. The van der Waals surface area contributed by atoms with Gasteiger partial charge in [-0.15, -0.1) is 0 Å². The fourth-order valence-electron chi connectivity index (χ4n) is 1.35. The molecule has 0 aliphatic carbocycles. The fourth-order valence-corrected chi connectivity index (χ4v) is 1.35. The maximum absolute atomic E-state index is 5.87. The molecule has 0 amide bonds. The van der Waals surface area contributed by atoms with E-state index in [9.17, 15) is 0 Å². The van der Waals surface area contributed by atoms with E-state index in [0.717, 1.165) is 5.69 Å².